The van der Waals surface area contributed by atoms with E-state index in [9.17, 15) is 12.8 Å². The fraction of sp³-hybridized carbons (Fsp3) is 0.538. The summed E-state index contributed by atoms with van der Waals surface area (Å²) >= 11 is 0. The van der Waals surface area contributed by atoms with Gasteiger partial charge in [-0.1, -0.05) is 0 Å². The van der Waals surface area contributed by atoms with Crippen molar-refractivity contribution < 1.29 is 17.5 Å². The van der Waals surface area contributed by atoms with Crippen LogP contribution in [0.15, 0.2) is 17.0 Å². The van der Waals surface area contributed by atoms with E-state index in [1.807, 2.05) is 0 Å². The van der Waals surface area contributed by atoms with Gasteiger partial charge in [0, 0.05) is 11.6 Å². The molecule has 0 saturated carbocycles. The largest absolute Gasteiger partial charge is 0.494 e. The van der Waals surface area contributed by atoms with Gasteiger partial charge in [-0.25, -0.2) is 17.5 Å². The average Bonchev–Trinajstić information content (AvgIpc) is 2.42. The molecule has 0 aromatic heterocycles. The van der Waals surface area contributed by atoms with Crippen molar-refractivity contribution in [3.8, 4) is 5.75 Å². The lowest BCUT2D eigenvalue weighted by atomic mass is 10.1. The first-order chi connectivity index (χ1) is 9.45. The monoisotopic (exact) mass is 302 g/mol. The second-order valence-corrected chi connectivity index (χ2v) is 6.53. The Balaban J connectivity index is 2.27. The minimum atomic E-state index is -3.71. The van der Waals surface area contributed by atoms with E-state index in [1.165, 1.54) is 26.2 Å². The van der Waals surface area contributed by atoms with Gasteiger partial charge in [0.2, 0.25) is 10.0 Å². The lowest BCUT2D eigenvalue weighted by Gasteiger charge is -2.24. The highest BCUT2D eigenvalue weighted by Gasteiger charge is 2.25. The zero-order valence-electron chi connectivity index (χ0n) is 11.6. The quantitative estimate of drug-likeness (QED) is 0.876. The number of hydrogen-bond donors (Lipinski definition) is 2. The molecule has 0 atom stereocenters. The smallest absolute Gasteiger partial charge is 0.241 e. The molecule has 1 fully saturated rings. The van der Waals surface area contributed by atoms with E-state index in [1.54, 1.807) is 0 Å². The van der Waals surface area contributed by atoms with Gasteiger partial charge in [0.15, 0.2) is 11.6 Å². The molecule has 0 amide bonds. The number of piperidine rings is 1. The molecule has 0 bridgehead atoms. The first kappa shape index (κ1) is 15.2. The van der Waals surface area contributed by atoms with E-state index in [0.29, 0.717) is 0 Å². The number of hydrogen-bond acceptors (Lipinski definition) is 4. The van der Waals surface area contributed by atoms with Crippen LogP contribution in [0.1, 0.15) is 18.4 Å². The number of nitrogens with one attached hydrogen (secondary N) is 2. The minimum Gasteiger partial charge on any atom is -0.494 e. The van der Waals surface area contributed by atoms with Crippen molar-refractivity contribution in [3.05, 3.63) is 23.5 Å². The second-order valence-electron chi connectivity index (χ2n) is 4.85. The van der Waals surface area contributed by atoms with Gasteiger partial charge in [0.1, 0.15) is 0 Å². The first-order valence-electron chi connectivity index (χ1n) is 6.52. The molecule has 2 rings (SSSR count). The van der Waals surface area contributed by atoms with Gasteiger partial charge < -0.3 is 10.1 Å². The summed E-state index contributed by atoms with van der Waals surface area (Å²) in [4.78, 5) is -0.0330. The Morgan fingerprint density at radius 1 is 1.35 bits per heavy atom. The van der Waals surface area contributed by atoms with Crippen molar-refractivity contribution in [1.82, 2.24) is 10.0 Å². The Morgan fingerprint density at radius 2 is 2.00 bits per heavy atom. The van der Waals surface area contributed by atoms with Gasteiger partial charge in [-0.15, -0.1) is 0 Å². The van der Waals surface area contributed by atoms with Crippen molar-refractivity contribution in [1.29, 1.82) is 0 Å². The molecular weight excluding hydrogens is 283 g/mol. The molecule has 0 radical (unpaired) electrons. The molecule has 0 unspecified atom stereocenters. The summed E-state index contributed by atoms with van der Waals surface area (Å²) in [6, 6.07) is 2.60. The highest BCUT2D eigenvalue weighted by atomic mass is 32.2. The molecule has 20 heavy (non-hydrogen) atoms. The summed E-state index contributed by atoms with van der Waals surface area (Å²) < 4.78 is 46.1. The maximum Gasteiger partial charge on any atom is 0.241 e. The molecule has 1 aromatic carbocycles. The van der Waals surface area contributed by atoms with Gasteiger partial charge in [-0.05, 0) is 45.0 Å². The fourth-order valence-electron chi connectivity index (χ4n) is 2.31. The Labute approximate surface area is 118 Å². The van der Waals surface area contributed by atoms with E-state index >= 15 is 0 Å². The summed E-state index contributed by atoms with van der Waals surface area (Å²) in [7, 11) is -2.36. The molecule has 5 nitrogen and oxygen atoms in total. The van der Waals surface area contributed by atoms with Crippen LogP contribution in [0.5, 0.6) is 5.75 Å². The van der Waals surface area contributed by atoms with Gasteiger partial charge in [0.25, 0.3) is 0 Å². The molecule has 1 aliphatic rings. The lowest BCUT2D eigenvalue weighted by Crippen LogP contribution is -2.42. The van der Waals surface area contributed by atoms with Gasteiger partial charge >= 0.3 is 0 Å². The maximum atomic E-state index is 13.9. The van der Waals surface area contributed by atoms with Crippen LogP contribution in [0.2, 0.25) is 0 Å². The standard InChI is InChI=1S/C13H19FN2O3S/c1-9-12(4-3-11(19-2)13(9)14)20(17,18)16-10-5-7-15-8-6-10/h3-4,10,15-16H,5-8H2,1-2H3. The molecule has 1 saturated heterocycles. The minimum absolute atomic E-state index is 0.0330. The average molecular weight is 302 g/mol. The van der Waals surface area contributed by atoms with Crippen LogP contribution in [-0.4, -0.2) is 34.7 Å². The van der Waals surface area contributed by atoms with E-state index in [-0.39, 0.29) is 22.3 Å². The van der Waals surface area contributed by atoms with Crippen LogP contribution >= 0.6 is 0 Å². The van der Waals surface area contributed by atoms with Crippen LogP contribution in [0.3, 0.4) is 0 Å². The van der Waals surface area contributed by atoms with Gasteiger partial charge in [-0.2, -0.15) is 0 Å². The van der Waals surface area contributed by atoms with E-state index in [0.717, 1.165) is 25.9 Å². The maximum absolute atomic E-state index is 13.9. The topological polar surface area (TPSA) is 67.4 Å². The zero-order valence-corrected chi connectivity index (χ0v) is 12.4. The Morgan fingerprint density at radius 3 is 2.60 bits per heavy atom. The highest BCUT2D eigenvalue weighted by Crippen LogP contribution is 2.26. The third-order valence-electron chi connectivity index (χ3n) is 3.47. The van der Waals surface area contributed by atoms with Crippen LogP contribution in [0.25, 0.3) is 0 Å². The number of ether oxygens (including phenoxy) is 1. The Kier molecular flexibility index (Phi) is 4.62. The number of benzene rings is 1. The van der Waals surface area contributed by atoms with Crippen molar-refractivity contribution in [2.24, 2.45) is 0 Å². The summed E-state index contributed by atoms with van der Waals surface area (Å²) in [6.07, 6.45) is 1.47. The number of rotatable bonds is 4. The lowest BCUT2D eigenvalue weighted by molar-refractivity contribution is 0.383. The fourth-order valence-corrected chi connectivity index (χ4v) is 3.86. The zero-order chi connectivity index (χ0) is 14.8. The SMILES string of the molecule is COc1ccc(S(=O)(=O)NC2CCNCC2)c(C)c1F. The normalized spacial score (nSPS) is 17.1. The molecular formula is C13H19FN2O3S. The molecule has 2 N–H and O–H groups in total. The van der Waals surface area contributed by atoms with Crippen LogP contribution in [0.4, 0.5) is 4.39 Å². The third kappa shape index (κ3) is 3.11. The van der Waals surface area contributed by atoms with E-state index in [4.69, 9.17) is 4.74 Å². The van der Waals surface area contributed by atoms with Crippen molar-refractivity contribution in [3.63, 3.8) is 0 Å². The molecule has 0 spiro atoms. The number of sulfonamides is 1. The van der Waals surface area contributed by atoms with Gasteiger partial charge in [0.05, 0.1) is 12.0 Å². The van der Waals surface area contributed by atoms with Crippen LogP contribution in [0, 0.1) is 12.7 Å². The van der Waals surface area contributed by atoms with Crippen molar-refractivity contribution >= 4 is 10.0 Å². The second kappa shape index (κ2) is 6.07. The van der Waals surface area contributed by atoms with E-state index < -0.39 is 15.8 Å². The molecule has 0 aliphatic carbocycles. The Bertz CT molecular complexity index is 584. The molecule has 112 valence electrons. The first-order valence-corrected chi connectivity index (χ1v) is 8.00. The number of methoxy groups -OCH3 is 1. The summed E-state index contributed by atoms with van der Waals surface area (Å²) in [5.74, 6) is -0.594. The van der Waals surface area contributed by atoms with E-state index in [2.05, 4.69) is 10.0 Å². The van der Waals surface area contributed by atoms with Crippen LogP contribution in [-0.2, 0) is 10.0 Å². The summed E-state index contributed by atoms with van der Waals surface area (Å²) in [6.45, 7) is 3.00. The molecule has 1 heterocycles. The molecule has 7 heteroatoms. The molecule has 1 aromatic rings. The van der Waals surface area contributed by atoms with Crippen molar-refractivity contribution in [2.75, 3.05) is 20.2 Å². The highest BCUT2D eigenvalue weighted by molar-refractivity contribution is 7.89. The predicted octanol–water partition coefficient (Wildman–Crippen LogP) is 1.17. The number of halogens is 1. The third-order valence-corrected chi connectivity index (χ3v) is 5.14. The molecule has 1 aliphatic heterocycles. The van der Waals surface area contributed by atoms with Crippen molar-refractivity contribution in [2.45, 2.75) is 30.7 Å². The van der Waals surface area contributed by atoms with Crippen LogP contribution < -0.4 is 14.8 Å². The Hall–Kier alpha value is -1.18. The summed E-state index contributed by atoms with van der Waals surface area (Å²) in [5.41, 5.74) is 0.0748. The predicted molar refractivity (Wildman–Crippen MR) is 73.9 cm³/mol. The summed E-state index contributed by atoms with van der Waals surface area (Å²) in [5, 5.41) is 3.16. The van der Waals surface area contributed by atoms with Gasteiger partial charge in [-0.3, -0.25) is 0 Å².